The molecular weight excluding hydrogens is 947 g/mol. The topological polar surface area (TPSA) is 95.9 Å². The normalized spacial score (nSPS) is 12.4. The van der Waals surface area contributed by atoms with Gasteiger partial charge < -0.3 is 20.3 Å². The molecule has 0 heterocycles. The summed E-state index contributed by atoms with van der Waals surface area (Å²) in [4.78, 5) is 24.6. The number of unbranched alkanes of at least 4 members (excludes halogenated alkanes) is 57. The van der Waals surface area contributed by atoms with Gasteiger partial charge in [0.1, 0.15) is 0 Å². The number of ether oxygens (including phenoxy) is 1. The van der Waals surface area contributed by atoms with Crippen LogP contribution in [0.15, 0.2) is 0 Å². The van der Waals surface area contributed by atoms with Gasteiger partial charge in [-0.3, -0.25) is 9.59 Å². The molecule has 6 heteroatoms. The molecule has 77 heavy (non-hydrogen) atoms. The summed E-state index contributed by atoms with van der Waals surface area (Å²) in [5.74, 6) is -0.00941. The van der Waals surface area contributed by atoms with Gasteiger partial charge in [0.05, 0.1) is 25.4 Å². The number of esters is 1. The molecular formula is C71H141NO5. The fourth-order valence-electron chi connectivity index (χ4n) is 11.7. The van der Waals surface area contributed by atoms with Gasteiger partial charge in [-0.2, -0.15) is 0 Å². The van der Waals surface area contributed by atoms with Gasteiger partial charge in [0.2, 0.25) is 5.91 Å². The number of rotatable bonds is 68. The van der Waals surface area contributed by atoms with E-state index in [9.17, 15) is 19.8 Å². The lowest BCUT2D eigenvalue weighted by Gasteiger charge is -2.22. The molecule has 0 aromatic heterocycles. The van der Waals surface area contributed by atoms with E-state index in [0.29, 0.717) is 25.9 Å². The van der Waals surface area contributed by atoms with Crippen molar-refractivity contribution < 1.29 is 24.5 Å². The number of carbonyl (C=O) groups excluding carboxylic acids is 2. The molecule has 0 saturated heterocycles. The SMILES string of the molecule is CCCCCCCCCCCCCCCCCCCCCCCCCC(O)C(CO)NC(=O)CCCCCCCCCCCCCCCCCCCCCCCCCCOC(=O)CCCCCCCCCCCCCCC. The lowest BCUT2D eigenvalue weighted by Crippen LogP contribution is -2.45. The van der Waals surface area contributed by atoms with Crippen LogP contribution >= 0.6 is 0 Å². The third-order valence-electron chi connectivity index (χ3n) is 17.2. The zero-order chi connectivity index (χ0) is 55.7. The zero-order valence-electron chi connectivity index (χ0n) is 52.7. The first kappa shape index (κ1) is 75.9. The Morgan fingerprint density at radius 2 is 0.532 bits per heavy atom. The smallest absolute Gasteiger partial charge is 0.305 e. The molecule has 0 spiro atoms. The van der Waals surface area contributed by atoms with Crippen molar-refractivity contribution in [2.75, 3.05) is 13.2 Å². The molecule has 0 aliphatic heterocycles. The van der Waals surface area contributed by atoms with Crippen molar-refractivity contribution in [1.29, 1.82) is 0 Å². The molecule has 3 N–H and O–H groups in total. The molecule has 0 saturated carbocycles. The van der Waals surface area contributed by atoms with Gasteiger partial charge in [-0.25, -0.2) is 0 Å². The van der Waals surface area contributed by atoms with Crippen LogP contribution in [0, 0.1) is 0 Å². The summed E-state index contributed by atoms with van der Waals surface area (Å²) < 4.78 is 5.49. The maximum atomic E-state index is 12.6. The number of amides is 1. The van der Waals surface area contributed by atoms with Crippen molar-refractivity contribution in [3.05, 3.63) is 0 Å². The van der Waals surface area contributed by atoms with E-state index in [1.54, 1.807) is 0 Å². The number of aliphatic hydroxyl groups excluding tert-OH is 2. The molecule has 0 aliphatic carbocycles. The Kier molecular flexibility index (Phi) is 66.4. The van der Waals surface area contributed by atoms with Crippen LogP contribution in [0.4, 0.5) is 0 Å². The third kappa shape index (κ3) is 63.9. The van der Waals surface area contributed by atoms with E-state index in [4.69, 9.17) is 4.74 Å². The molecule has 0 bridgehead atoms. The van der Waals surface area contributed by atoms with E-state index in [-0.39, 0.29) is 18.5 Å². The highest BCUT2D eigenvalue weighted by molar-refractivity contribution is 5.76. The predicted molar refractivity (Wildman–Crippen MR) is 338 cm³/mol. The lowest BCUT2D eigenvalue weighted by molar-refractivity contribution is -0.143. The second kappa shape index (κ2) is 67.4. The molecule has 460 valence electrons. The van der Waals surface area contributed by atoms with Crippen LogP contribution in [0.1, 0.15) is 418 Å². The van der Waals surface area contributed by atoms with Crippen molar-refractivity contribution in [3.63, 3.8) is 0 Å². The van der Waals surface area contributed by atoms with Crippen molar-refractivity contribution in [1.82, 2.24) is 5.32 Å². The van der Waals surface area contributed by atoms with Gasteiger partial charge in [-0.1, -0.05) is 380 Å². The first-order chi connectivity index (χ1) is 38.0. The Morgan fingerprint density at radius 3 is 0.792 bits per heavy atom. The summed E-state index contributed by atoms with van der Waals surface area (Å²) >= 11 is 0. The number of hydrogen-bond donors (Lipinski definition) is 3. The van der Waals surface area contributed by atoms with Crippen molar-refractivity contribution in [3.8, 4) is 0 Å². The van der Waals surface area contributed by atoms with Gasteiger partial charge >= 0.3 is 5.97 Å². The Hall–Kier alpha value is -1.14. The molecule has 6 nitrogen and oxygen atoms in total. The van der Waals surface area contributed by atoms with Crippen LogP contribution in [0.3, 0.4) is 0 Å². The summed E-state index contributed by atoms with van der Waals surface area (Å²) in [5.41, 5.74) is 0. The fraction of sp³-hybridized carbons (Fsp3) is 0.972. The second-order valence-corrected chi connectivity index (χ2v) is 24.9. The fourth-order valence-corrected chi connectivity index (χ4v) is 11.7. The highest BCUT2D eigenvalue weighted by Gasteiger charge is 2.20. The molecule has 0 rings (SSSR count). The summed E-state index contributed by atoms with van der Waals surface area (Å²) in [6.07, 6.45) is 81.5. The van der Waals surface area contributed by atoms with Crippen LogP contribution in [0.5, 0.6) is 0 Å². The number of carbonyl (C=O) groups is 2. The summed E-state index contributed by atoms with van der Waals surface area (Å²) in [5, 5.41) is 23.4. The number of nitrogens with one attached hydrogen (secondary N) is 1. The molecule has 0 fully saturated rings. The minimum atomic E-state index is -0.664. The molecule has 2 atom stereocenters. The Bertz CT molecular complexity index is 1120. The minimum absolute atomic E-state index is 0.0185. The quantitative estimate of drug-likeness (QED) is 0.0417. The first-order valence-corrected chi connectivity index (χ1v) is 35.8. The first-order valence-electron chi connectivity index (χ1n) is 35.8. The van der Waals surface area contributed by atoms with Crippen molar-refractivity contribution in [2.45, 2.75) is 431 Å². The van der Waals surface area contributed by atoms with E-state index in [0.717, 1.165) is 38.5 Å². The van der Waals surface area contributed by atoms with Gasteiger partial charge in [-0.15, -0.1) is 0 Å². The average Bonchev–Trinajstić information content (AvgIpc) is 3.43. The Morgan fingerprint density at radius 1 is 0.312 bits per heavy atom. The van der Waals surface area contributed by atoms with Crippen LogP contribution in [-0.2, 0) is 14.3 Å². The maximum absolute atomic E-state index is 12.6. The summed E-state index contributed by atoms with van der Waals surface area (Å²) in [7, 11) is 0. The number of hydrogen-bond acceptors (Lipinski definition) is 5. The molecule has 2 unspecified atom stereocenters. The summed E-state index contributed by atoms with van der Waals surface area (Å²) in [6, 6.07) is -0.541. The predicted octanol–water partition coefficient (Wildman–Crippen LogP) is 23.0. The van der Waals surface area contributed by atoms with E-state index in [1.807, 2.05) is 0 Å². The molecule has 0 aliphatic rings. The zero-order valence-corrected chi connectivity index (χ0v) is 52.7. The highest BCUT2D eigenvalue weighted by atomic mass is 16.5. The van der Waals surface area contributed by atoms with Crippen molar-refractivity contribution >= 4 is 11.9 Å². The van der Waals surface area contributed by atoms with E-state index in [1.165, 1.54) is 347 Å². The molecule has 0 aromatic carbocycles. The van der Waals surface area contributed by atoms with Gasteiger partial charge in [-0.05, 0) is 25.7 Å². The monoisotopic (exact) mass is 1090 g/mol. The Labute approximate surface area is 483 Å². The number of aliphatic hydroxyl groups is 2. The van der Waals surface area contributed by atoms with Gasteiger partial charge in [0.25, 0.3) is 0 Å². The van der Waals surface area contributed by atoms with Crippen molar-refractivity contribution in [2.24, 2.45) is 0 Å². The van der Waals surface area contributed by atoms with Crippen LogP contribution < -0.4 is 5.32 Å². The van der Waals surface area contributed by atoms with E-state index >= 15 is 0 Å². The Balaban J connectivity index is 3.36. The molecule has 0 radical (unpaired) electrons. The highest BCUT2D eigenvalue weighted by Crippen LogP contribution is 2.20. The van der Waals surface area contributed by atoms with E-state index in [2.05, 4.69) is 19.2 Å². The standard InChI is InChI=1S/C71H141NO5/c1-3-5-7-9-11-13-15-17-18-19-20-21-24-27-30-33-36-40-43-47-51-55-59-63-69(74)68(67-73)72-70(75)64-60-56-52-48-44-41-37-34-31-28-25-22-23-26-29-32-35-38-42-46-50-54-58-62-66-77-71(76)65-61-57-53-49-45-39-16-14-12-10-8-6-4-2/h68-69,73-74H,3-67H2,1-2H3,(H,72,75). The van der Waals surface area contributed by atoms with Crippen LogP contribution in [0.25, 0.3) is 0 Å². The largest absolute Gasteiger partial charge is 0.466 e. The molecule has 1 amide bonds. The van der Waals surface area contributed by atoms with Gasteiger partial charge in [0.15, 0.2) is 0 Å². The maximum Gasteiger partial charge on any atom is 0.305 e. The third-order valence-corrected chi connectivity index (χ3v) is 17.2. The lowest BCUT2D eigenvalue weighted by atomic mass is 10.0. The van der Waals surface area contributed by atoms with Crippen LogP contribution in [0.2, 0.25) is 0 Å². The molecule has 0 aromatic rings. The van der Waals surface area contributed by atoms with Crippen LogP contribution in [-0.4, -0.2) is 47.4 Å². The van der Waals surface area contributed by atoms with E-state index < -0.39 is 12.1 Å². The minimum Gasteiger partial charge on any atom is -0.466 e. The average molecular weight is 1090 g/mol. The second-order valence-electron chi connectivity index (χ2n) is 24.9. The van der Waals surface area contributed by atoms with Gasteiger partial charge in [0, 0.05) is 12.8 Å². The summed E-state index contributed by atoms with van der Waals surface area (Å²) in [6.45, 7) is 5.00.